The zero-order valence-electron chi connectivity index (χ0n) is 13.4. The Labute approximate surface area is 144 Å². The van der Waals surface area contributed by atoms with Gasteiger partial charge in [-0.05, 0) is 30.4 Å². The molecule has 2 aromatic heterocycles. The summed E-state index contributed by atoms with van der Waals surface area (Å²) in [4.78, 5) is 24.4. The molecule has 1 aliphatic carbocycles. The van der Waals surface area contributed by atoms with E-state index in [1.807, 2.05) is 0 Å². The summed E-state index contributed by atoms with van der Waals surface area (Å²) in [6, 6.07) is 5.62. The van der Waals surface area contributed by atoms with Gasteiger partial charge in [0.05, 0.1) is 0 Å². The maximum absolute atomic E-state index is 12.2. The van der Waals surface area contributed by atoms with Crippen molar-refractivity contribution in [2.75, 3.05) is 6.54 Å². The number of amides is 1. The largest absolute Gasteiger partial charge is 0.476 e. The summed E-state index contributed by atoms with van der Waals surface area (Å²) in [5.41, 5.74) is -0.0107. The molecular formula is C17H21N3O3S. The predicted octanol–water partition coefficient (Wildman–Crippen LogP) is 2.66. The number of carbonyl (C=O) groups excluding carboxylic acids is 1. The Morgan fingerprint density at radius 2 is 2.08 bits per heavy atom. The van der Waals surface area contributed by atoms with Gasteiger partial charge in [-0.15, -0.1) is 11.3 Å². The number of rotatable bonds is 6. The van der Waals surface area contributed by atoms with Gasteiger partial charge in [0.15, 0.2) is 5.69 Å². The van der Waals surface area contributed by atoms with E-state index in [0.29, 0.717) is 6.54 Å². The van der Waals surface area contributed by atoms with Gasteiger partial charge in [0.1, 0.15) is 6.54 Å². The molecule has 2 N–H and O–H groups in total. The molecule has 1 amide bonds. The molecule has 0 radical (unpaired) electrons. The molecule has 0 spiro atoms. The summed E-state index contributed by atoms with van der Waals surface area (Å²) in [5, 5.41) is 17.9. The number of aromatic nitrogens is 2. The lowest BCUT2D eigenvalue weighted by Crippen LogP contribution is -2.42. The van der Waals surface area contributed by atoms with Crippen LogP contribution in [0.1, 0.15) is 47.5 Å². The van der Waals surface area contributed by atoms with Crippen LogP contribution in [0.5, 0.6) is 0 Å². The maximum Gasteiger partial charge on any atom is 0.356 e. The molecule has 24 heavy (non-hydrogen) atoms. The van der Waals surface area contributed by atoms with Gasteiger partial charge in [-0.3, -0.25) is 9.48 Å². The topological polar surface area (TPSA) is 84.2 Å². The van der Waals surface area contributed by atoms with E-state index in [1.54, 1.807) is 11.3 Å². The molecule has 1 fully saturated rings. The summed E-state index contributed by atoms with van der Waals surface area (Å²) in [6.07, 6.45) is 7.34. The Morgan fingerprint density at radius 3 is 2.71 bits per heavy atom. The second-order valence-corrected chi connectivity index (χ2v) is 7.25. The zero-order valence-corrected chi connectivity index (χ0v) is 14.2. The summed E-state index contributed by atoms with van der Waals surface area (Å²) in [7, 11) is 0. The van der Waals surface area contributed by atoms with E-state index in [0.717, 1.165) is 12.8 Å². The highest BCUT2D eigenvalue weighted by molar-refractivity contribution is 7.10. The van der Waals surface area contributed by atoms with Gasteiger partial charge >= 0.3 is 5.97 Å². The lowest BCUT2D eigenvalue weighted by atomic mass is 9.73. The molecule has 0 aliphatic heterocycles. The molecule has 0 aromatic carbocycles. The lowest BCUT2D eigenvalue weighted by molar-refractivity contribution is -0.122. The van der Waals surface area contributed by atoms with Crippen molar-refractivity contribution >= 4 is 23.2 Å². The minimum Gasteiger partial charge on any atom is -0.476 e. The molecule has 0 bridgehead atoms. The normalized spacial score (nSPS) is 16.7. The average Bonchev–Trinajstić information content (AvgIpc) is 3.26. The highest BCUT2D eigenvalue weighted by atomic mass is 32.1. The summed E-state index contributed by atoms with van der Waals surface area (Å²) < 4.78 is 1.36. The van der Waals surface area contributed by atoms with Crippen LogP contribution < -0.4 is 5.32 Å². The van der Waals surface area contributed by atoms with Crippen LogP contribution in [0.4, 0.5) is 0 Å². The second kappa shape index (κ2) is 7.17. The predicted molar refractivity (Wildman–Crippen MR) is 91.3 cm³/mol. The molecule has 2 heterocycles. The SMILES string of the molecule is O=C(Cn1ccc(C(=O)O)n1)NCC1(c2cccs2)CCCCC1. The van der Waals surface area contributed by atoms with Crippen molar-refractivity contribution in [2.24, 2.45) is 0 Å². The van der Waals surface area contributed by atoms with E-state index in [2.05, 4.69) is 27.9 Å². The first-order valence-corrected chi connectivity index (χ1v) is 9.04. The molecule has 2 aromatic rings. The number of aromatic carboxylic acids is 1. The Balaban J connectivity index is 1.62. The Bertz CT molecular complexity index is 702. The number of thiophene rings is 1. The van der Waals surface area contributed by atoms with Crippen LogP contribution >= 0.6 is 11.3 Å². The molecule has 1 aliphatic rings. The molecule has 6 nitrogen and oxygen atoms in total. The van der Waals surface area contributed by atoms with Crippen LogP contribution in [0.3, 0.4) is 0 Å². The number of nitrogens with one attached hydrogen (secondary N) is 1. The van der Waals surface area contributed by atoms with Crippen molar-refractivity contribution in [1.82, 2.24) is 15.1 Å². The van der Waals surface area contributed by atoms with Gasteiger partial charge in [0, 0.05) is 23.0 Å². The molecule has 0 unspecified atom stereocenters. The Hall–Kier alpha value is -2.15. The van der Waals surface area contributed by atoms with Crippen LogP contribution in [0.25, 0.3) is 0 Å². The third kappa shape index (κ3) is 3.67. The van der Waals surface area contributed by atoms with Gasteiger partial charge in [-0.1, -0.05) is 25.3 Å². The summed E-state index contributed by atoms with van der Waals surface area (Å²) in [5.74, 6) is -1.23. The number of hydrogen-bond donors (Lipinski definition) is 2. The third-order valence-corrected chi connectivity index (χ3v) is 5.76. The van der Waals surface area contributed by atoms with Crippen molar-refractivity contribution in [2.45, 2.75) is 44.1 Å². The number of carboxylic acid groups (broad SMARTS) is 1. The summed E-state index contributed by atoms with van der Waals surface area (Å²) in [6.45, 7) is 0.660. The molecule has 0 saturated heterocycles. The van der Waals surface area contributed by atoms with Crippen molar-refractivity contribution in [1.29, 1.82) is 0 Å². The Kier molecular flexibility index (Phi) is 4.99. The maximum atomic E-state index is 12.2. The van der Waals surface area contributed by atoms with Gasteiger partial charge in [0.25, 0.3) is 0 Å². The number of carboxylic acids is 1. The van der Waals surface area contributed by atoms with Crippen LogP contribution in [-0.2, 0) is 16.8 Å². The van der Waals surface area contributed by atoms with Gasteiger partial charge in [-0.2, -0.15) is 5.10 Å². The molecule has 1 saturated carbocycles. The van der Waals surface area contributed by atoms with Gasteiger partial charge in [-0.25, -0.2) is 4.79 Å². The van der Waals surface area contributed by atoms with Gasteiger partial charge in [0.2, 0.25) is 5.91 Å². The average molecular weight is 347 g/mol. The van der Waals surface area contributed by atoms with Crippen LogP contribution in [-0.4, -0.2) is 33.3 Å². The number of hydrogen-bond acceptors (Lipinski definition) is 4. The molecule has 0 atom stereocenters. The van der Waals surface area contributed by atoms with Crippen molar-refractivity contribution < 1.29 is 14.7 Å². The Morgan fingerprint density at radius 1 is 1.29 bits per heavy atom. The lowest BCUT2D eigenvalue weighted by Gasteiger charge is -2.36. The first-order chi connectivity index (χ1) is 11.6. The van der Waals surface area contributed by atoms with Crippen LogP contribution in [0.15, 0.2) is 29.8 Å². The third-order valence-electron chi connectivity index (χ3n) is 4.64. The minimum atomic E-state index is -1.09. The second-order valence-electron chi connectivity index (χ2n) is 6.30. The van der Waals surface area contributed by atoms with E-state index in [1.165, 1.54) is 41.1 Å². The standard InChI is InChI=1S/C17H21N3O3S/c21-15(11-20-9-6-13(19-20)16(22)23)18-12-17(7-2-1-3-8-17)14-5-4-10-24-14/h4-6,9-10H,1-3,7-8,11-12H2,(H,18,21)(H,22,23). The van der Waals surface area contributed by atoms with Crippen LogP contribution in [0.2, 0.25) is 0 Å². The molecule has 128 valence electrons. The fraction of sp³-hybridized carbons (Fsp3) is 0.471. The quantitative estimate of drug-likeness (QED) is 0.841. The van der Waals surface area contributed by atoms with E-state index >= 15 is 0 Å². The smallest absolute Gasteiger partial charge is 0.356 e. The summed E-state index contributed by atoms with van der Waals surface area (Å²) >= 11 is 1.76. The molecule has 7 heteroatoms. The van der Waals surface area contributed by atoms with E-state index in [4.69, 9.17) is 5.11 Å². The van der Waals surface area contributed by atoms with Gasteiger partial charge < -0.3 is 10.4 Å². The first-order valence-electron chi connectivity index (χ1n) is 8.16. The fourth-order valence-electron chi connectivity index (χ4n) is 3.35. The van der Waals surface area contributed by atoms with E-state index in [-0.39, 0.29) is 23.6 Å². The number of carbonyl (C=O) groups is 2. The first kappa shape index (κ1) is 16.7. The number of nitrogens with zero attached hydrogens (tertiary/aromatic N) is 2. The van der Waals surface area contributed by atoms with E-state index in [9.17, 15) is 9.59 Å². The van der Waals surface area contributed by atoms with E-state index < -0.39 is 5.97 Å². The van der Waals surface area contributed by atoms with Crippen LogP contribution in [0, 0.1) is 0 Å². The monoisotopic (exact) mass is 347 g/mol. The highest BCUT2D eigenvalue weighted by Gasteiger charge is 2.35. The zero-order chi connectivity index (χ0) is 17.0. The highest BCUT2D eigenvalue weighted by Crippen LogP contribution is 2.41. The van der Waals surface area contributed by atoms with Crippen molar-refractivity contribution in [3.8, 4) is 0 Å². The molecular weight excluding hydrogens is 326 g/mol. The molecule has 3 rings (SSSR count). The van der Waals surface area contributed by atoms with Crippen molar-refractivity contribution in [3.63, 3.8) is 0 Å². The fourth-order valence-corrected chi connectivity index (χ4v) is 4.34. The van der Waals surface area contributed by atoms with Crippen molar-refractivity contribution in [3.05, 3.63) is 40.3 Å². The minimum absolute atomic E-state index is 0.0355.